The maximum atomic E-state index is 12.5. The van der Waals surface area contributed by atoms with Crippen LogP contribution in [-0.2, 0) is 19.1 Å². The predicted octanol–water partition coefficient (Wildman–Crippen LogP) is 2.97. The zero-order chi connectivity index (χ0) is 28.3. The van der Waals surface area contributed by atoms with Gasteiger partial charge in [0, 0.05) is 31.7 Å². The first-order chi connectivity index (χ1) is 19.0. The Morgan fingerprint density at radius 3 is 2.12 bits per heavy atom. The van der Waals surface area contributed by atoms with Crippen molar-refractivity contribution in [2.45, 2.75) is 135 Å². The normalized spacial score (nSPS) is 45.8. The number of carbonyl (C=O) groups is 2. The number of hydrogen-bond acceptors (Lipinski definition) is 5. The van der Waals surface area contributed by atoms with Crippen LogP contribution in [0.1, 0.15) is 111 Å². The van der Waals surface area contributed by atoms with E-state index in [2.05, 4.69) is 25.8 Å². The minimum Gasteiger partial charge on any atom is -1.00 e. The summed E-state index contributed by atoms with van der Waals surface area (Å²) >= 11 is 0. The van der Waals surface area contributed by atoms with Gasteiger partial charge in [0.1, 0.15) is 12.1 Å². The number of halogens is 1. The molecule has 2 saturated heterocycles. The molecule has 10 atom stereocenters. The van der Waals surface area contributed by atoms with Crippen molar-refractivity contribution in [1.29, 1.82) is 0 Å². The van der Waals surface area contributed by atoms with E-state index in [9.17, 15) is 9.59 Å². The van der Waals surface area contributed by atoms with Gasteiger partial charge in [0.15, 0.2) is 6.10 Å². The molecule has 0 aromatic carbocycles. The number of fused-ring (bicyclic) bond motifs is 5. The number of ether oxygens (including phenoxy) is 2. The quantitative estimate of drug-likeness (QED) is 0.351. The Morgan fingerprint density at radius 1 is 0.805 bits per heavy atom. The van der Waals surface area contributed by atoms with Crippen molar-refractivity contribution in [2.75, 3.05) is 33.2 Å². The van der Waals surface area contributed by atoms with Crippen molar-refractivity contribution in [2.24, 2.45) is 34.5 Å². The average Bonchev–Trinajstić information content (AvgIpc) is 3.21. The van der Waals surface area contributed by atoms with E-state index in [1.54, 1.807) is 13.8 Å². The van der Waals surface area contributed by atoms with Gasteiger partial charge in [-0.05, 0) is 113 Å². The van der Waals surface area contributed by atoms with Gasteiger partial charge in [0.25, 0.3) is 0 Å². The SMILES string of the molecule is CC(=O)O[C@H]1C[C@@H]2CC[C@@H]3C(CC[C@@]4(C)[C@H]3C[C@H]([N+]3(C)CCCCC3)[C@@H]4OC(C)=O)[C@@]2(C)C[C@@H]1N1CCCCC1.[Br-]. The minimum absolute atomic E-state index is 0. The number of carbonyl (C=O) groups excluding carboxylic acids is 2. The van der Waals surface area contributed by atoms with E-state index in [4.69, 9.17) is 9.47 Å². The highest BCUT2D eigenvalue weighted by molar-refractivity contribution is 5.66. The molecule has 0 aromatic heterocycles. The van der Waals surface area contributed by atoms with E-state index in [1.165, 1.54) is 90.1 Å². The van der Waals surface area contributed by atoms with Crippen molar-refractivity contribution in [3.63, 3.8) is 0 Å². The Kier molecular flexibility index (Phi) is 9.32. The molecule has 0 N–H and O–H groups in total. The molecule has 0 amide bonds. The summed E-state index contributed by atoms with van der Waals surface area (Å²) in [5.41, 5.74) is 0.377. The van der Waals surface area contributed by atoms with Gasteiger partial charge in [-0.25, -0.2) is 0 Å². The van der Waals surface area contributed by atoms with Gasteiger partial charge in [-0.15, -0.1) is 0 Å². The number of esters is 2. The number of piperidine rings is 2. The molecule has 4 aliphatic carbocycles. The van der Waals surface area contributed by atoms with Gasteiger partial charge in [0.05, 0.1) is 20.1 Å². The first-order valence-electron chi connectivity index (χ1n) is 17.0. The van der Waals surface area contributed by atoms with Gasteiger partial charge in [-0.1, -0.05) is 20.3 Å². The molecule has 0 aromatic rings. The van der Waals surface area contributed by atoms with E-state index >= 15 is 0 Å². The number of nitrogens with zero attached hydrogens (tertiary/aromatic N) is 2. The van der Waals surface area contributed by atoms with Crippen LogP contribution in [0.25, 0.3) is 0 Å². The topological polar surface area (TPSA) is 55.8 Å². The first kappa shape index (κ1) is 31.8. The summed E-state index contributed by atoms with van der Waals surface area (Å²) < 4.78 is 13.5. The number of hydrogen-bond donors (Lipinski definition) is 0. The maximum absolute atomic E-state index is 12.5. The third-order valence-corrected chi connectivity index (χ3v) is 13.7. The Hall–Kier alpha value is -0.660. The monoisotopic (exact) mass is 636 g/mol. The molecular formula is C34H57BrN2O4. The van der Waals surface area contributed by atoms with Crippen molar-refractivity contribution in [3.8, 4) is 0 Å². The van der Waals surface area contributed by atoms with Crippen LogP contribution in [0.3, 0.4) is 0 Å². The van der Waals surface area contributed by atoms with Crippen LogP contribution in [0.2, 0.25) is 0 Å². The fourth-order valence-corrected chi connectivity index (χ4v) is 11.7. The molecule has 0 bridgehead atoms. The van der Waals surface area contributed by atoms with E-state index in [1.807, 2.05) is 0 Å². The second-order valence-electron chi connectivity index (χ2n) is 15.8. The summed E-state index contributed by atoms with van der Waals surface area (Å²) in [5, 5.41) is 0. The fourth-order valence-electron chi connectivity index (χ4n) is 11.7. The predicted molar refractivity (Wildman–Crippen MR) is 156 cm³/mol. The molecule has 234 valence electrons. The molecular weight excluding hydrogens is 580 g/mol. The largest absolute Gasteiger partial charge is 1.00 e. The molecule has 6 nitrogen and oxygen atoms in total. The zero-order valence-corrected chi connectivity index (χ0v) is 28.1. The number of likely N-dealkylation sites (tertiary alicyclic amines) is 2. The van der Waals surface area contributed by atoms with Crippen LogP contribution in [0.4, 0.5) is 0 Å². The molecule has 6 rings (SSSR count). The van der Waals surface area contributed by atoms with Crippen LogP contribution in [0.15, 0.2) is 0 Å². The Balaban J connectivity index is 0.00000337. The lowest BCUT2D eigenvalue weighted by Gasteiger charge is -2.62. The highest BCUT2D eigenvalue weighted by Crippen LogP contribution is 2.67. The molecule has 6 fully saturated rings. The lowest BCUT2D eigenvalue weighted by atomic mass is 9.44. The van der Waals surface area contributed by atoms with Crippen LogP contribution in [0, 0.1) is 34.5 Å². The van der Waals surface area contributed by atoms with Crippen LogP contribution >= 0.6 is 0 Å². The number of likely N-dealkylation sites (N-methyl/N-ethyl adjacent to an activating group) is 1. The summed E-state index contributed by atoms with van der Waals surface area (Å²) in [6.45, 7) is 13.1. The fraction of sp³-hybridized carbons (Fsp3) is 0.941. The molecule has 41 heavy (non-hydrogen) atoms. The summed E-state index contributed by atoms with van der Waals surface area (Å²) in [4.78, 5) is 27.4. The van der Waals surface area contributed by atoms with Gasteiger partial charge >= 0.3 is 11.9 Å². The lowest BCUT2D eigenvalue weighted by Crippen LogP contribution is -3.00. The second-order valence-corrected chi connectivity index (χ2v) is 15.8. The second kappa shape index (κ2) is 12.0. The minimum atomic E-state index is -0.111. The molecule has 2 aliphatic heterocycles. The van der Waals surface area contributed by atoms with Crippen LogP contribution in [0.5, 0.6) is 0 Å². The Morgan fingerprint density at radius 2 is 1.46 bits per heavy atom. The summed E-state index contributed by atoms with van der Waals surface area (Å²) in [6, 6.07) is 0.796. The van der Waals surface area contributed by atoms with E-state index in [0.717, 1.165) is 29.9 Å². The van der Waals surface area contributed by atoms with Gasteiger partial charge in [-0.2, -0.15) is 0 Å². The van der Waals surface area contributed by atoms with E-state index in [0.29, 0.717) is 35.3 Å². The first-order valence-corrected chi connectivity index (χ1v) is 17.0. The average molecular weight is 638 g/mol. The Labute approximate surface area is 260 Å². The van der Waals surface area contributed by atoms with Crippen molar-refractivity contribution < 1.29 is 40.5 Å². The van der Waals surface area contributed by atoms with Gasteiger partial charge in [0.2, 0.25) is 0 Å². The zero-order valence-electron chi connectivity index (χ0n) is 26.5. The van der Waals surface area contributed by atoms with Crippen molar-refractivity contribution >= 4 is 11.9 Å². The summed E-state index contributed by atoms with van der Waals surface area (Å²) in [5.74, 6) is 2.50. The molecule has 6 aliphatic rings. The number of rotatable bonds is 4. The van der Waals surface area contributed by atoms with Crippen molar-refractivity contribution in [3.05, 3.63) is 0 Å². The lowest BCUT2D eigenvalue weighted by molar-refractivity contribution is -0.940. The smallest absolute Gasteiger partial charge is 0.303 e. The third-order valence-electron chi connectivity index (χ3n) is 13.7. The van der Waals surface area contributed by atoms with Gasteiger partial charge in [-0.3, -0.25) is 14.5 Å². The summed E-state index contributed by atoms with van der Waals surface area (Å²) in [6.07, 6.45) is 16.3. The summed E-state index contributed by atoms with van der Waals surface area (Å²) in [7, 11) is 2.47. The molecule has 1 unspecified atom stereocenters. The maximum Gasteiger partial charge on any atom is 0.303 e. The molecule has 4 saturated carbocycles. The van der Waals surface area contributed by atoms with Crippen molar-refractivity contribution in [1.82, 2.24) is 4.90 Å². The molecule has 0 spiro atoms. The van der Waals surface area contributed by atoms with E-state index in [-0.39, 0.29) is 46.5 Å². The van der Waals surface area contributed by atoms with E-state index < -0.39 is 0 Å². The highest BCUT2D eigenvalue weighted by atomic mass is 79.9. The van der Waals surface area contributed by atoms with Crippen LogP contribution < -0.4 is 17.0 Å². The highest BCUT2D eigenvalue weighted by Gasteiger charge is 2.67. The number of quaternary nitrogens is 1. The standard InChI is InChI=1S/C34H57N2O4.BrH/c1-23(37)39-31-20-25-12-13-26-27(34(25,4)22-29(31)35-16-8-6-9-17-35)14-15-33(3)28(26)21-30(32(33)40-24(2)38)36(5)18-10-7-11-19-36;/h25-32H,6-22H2,1-5H3;1H/q+1;/p-1/t25-,26+,27?,28-,29-,30-,31-,32-,33-,34-;/m0./s1. The third kappa shape index (κ3) is 5.56. The molecule has 2 heterocycles. The Bertz CT molecular complexity index is 964. The molecule has 7 heteroatoms. The van der Waals surface area contributed by atoms with Gasteiger partial charge < -0.3 is 30.9 Å². The molecule has 0 radical (unpaired) electrons. The van der Waals surface area contributed by atoms with Crippen LogP contribution in [-0.4, -0.2) is 78.8 Å².